The van der Waals surface area contributed by atoms with Crippen molar-refractivity contribution in [2.24, 2.45) is 0 Å². The van der Waals surface area contributed by atoms with Crippen LogP contribution in [-0.2, 0) is 5.60 Å². The molecule has 110 valence electrons. The third kappa shape index (κ3) is 3.53. The summed E-state index contributed by atoms with van der Waals surface area (Å²) in [6.07, 6.45) is 7.16. The molecule has 0 aromatic heterocycles. The maximum Gasteiger partial charge on any atom is 0.120 e. The first-order valence-electron chi connectivity index (χ1n) is 7.86. The molecule has 20 heavy (non-hydrogen) atoms. The Kier molecular flexibility index (Phi) is 3.99. The van der Waals surface area contributed by atoms with Gasteiger partial charge in [-0.1, -0.05) is 18.6 Å². The van der Waals surface area contributed by atoms with Crippen LogP contribution in [0.3, 0.4) is 0 Å². The van der Waals surface area contributed by atoms with Crippen molar-refractivity contribution in [3.63, 3.8) is 0 Å². The number of hydrogen-bond donors (Lipinski definition) is 2. The molecule has 3 nitrogen and oxygen atoms in total. The summed E-state index contributed by atoms with van der Waals surface area (Å²) in [7, 11) is 0. The summed E-state index contributed by atoms with van der Waals surface area (Å²) < 4.78 is 5.82. The molecule has 2 atom stereocenters. The van der Waals surface area contributed by atoms with Crippen LogP contribution in [0.5, 0.6) is 5.75 Å². The molecule has 2 fully saturated rings. The molecule has 1 saturated heterocycles. The summed E-state index contributed by atoms with van der Waals surface area (Å²) in [5.74, 6) is 0.891. The second kappa shape index (κ2) is 5.74. The van der Waals surface area contributed by atoms with E-state index in [0.717, 1.165) is 43.5 Å². The van der Waals surface area contributed by atoms with Gasteiger partial charge in [-0.3, -0.25) is 0 Å². The number of hydrogen-bond acceptors (Lipinski definition) is 3. The van der Waals surface area contributed by atoms with E-state index in [1.165, 1.54) is 12.8 Å². The van der Waals surface area contributed by atoms with E-state index < -0.39 is 5.60 Å². The minimum atomic E-state index is -0.794. The second-order valence-corrected chi connectivity index (χ2v) is 6.47. The van der Waals surface area contributed by atoms with Crippen molar-refractivity contribution >= 4 is 0 Å². The summed E-state index contributed by atoms with van der Waals surface area (Å²) in [6.45, 7) is 2.99. The highest BCUT2D eigenvalue weighted by Gasteiger charge is 2.29. The maximum absolute atomic E-state index is 10.8. The van der Waals surface area contributed by atoms with Crippen LogP contribution < -0.4 is 10.1 Å². The Balaban J connectivity index is 1.68. The molecule has 1 aliphatic carbocycles. The Morgan fingerprint density at radius 1 is 1.30 bits per heavy atom. The number of aliphatic hydroxyl groups is 1. The Bertz CT molecular complexity index is 448. The van der Waals surface area contributed by atoms with Crippen LogP contribution in [0.15, 0.2) is 24.3 Å². The van der Waals surface area contributed by atoms with Gasteiger partial charge in [0.15, 0.2) is 0 Å². The Morgan fingerprint density at radius 3 is 2.85 bits per heavy atom. The highest BCUT2D eigenvalue weighted by atomic mass is 16.5. The number of rotatable bonds is 5. The third-order valence-electron chi connectivity index (χ3n) is 4.34. The lowest BCUT2D eigenvalue weighted by molar-refractivity contribution is 0.0329. The van der Waals surface area contributed by atoms with Crippen molar-refractivity contribution in [1.29, 1.82) is 0 Å². The highest BCUT2D eigenvalue weighted by molar-refractivity contribution is 5.32. The van der Waals surface area contributed by atoms with Gasteiger partial charge in [-0.05, 0) is 63.3 Å². The van der Waals surface area contributed by atoms with Crippen LogP contribution in [0.4, 0.5) is 0 Å². The quantitative estimate of drug-likeness (QED) is 0.868. The zero-order valence-electron chi connectivity index (χ0n) is 12.3. The van der Waals surface area contributed by atoms with E-state index in [0.29, 0.717) is 12.1 Å². The normalized spacial score (nSPS) is 26.0. The minimum Gasteiger partial charge on any atom is -0.490 e. The lowest BCUT2D eigenvalue weighted by Crippen LogP contribution is -2.39. The fraction of sp³-hybridized carbons (Fsp3) is 0.647. The molecular weight excluding hydrogens is 250 g/mol. The molecule has 0 amide bonds. The number of benzene rings is 1. The van der Waals surface area contributed by atoms with Crippen molar-refractivity contribution in [1.82, 2.24) is 5.32 Å². The Labute approximate surface area is 121 Å². The first-order valence-corrected chi connectivity index (χ1v) is 7.86. The van der Waals surface area contributed by atoms with Crippen molar-refractivity contribution in [2.75, 3.05) is 6.54 Å². The molecule has 1 saturated carbocycles. The predicted molar refractivity (Wildman–Crippen MR) is 79.9 cm³/mol. The van der Waals surface area contributed by atoms with E-state index in [1.54, 1.807) is 0 Å². The monoisotopic (exact) mass is 275 g/mol. The lowest BCUT2D eigenvalue weighted by Gasteiger charge is -2.32. The first-order chi connectivity index (χ1) is 9.63. The van der Waals surface area contributed by atoms with Gasteiger partial charge < -0.3 is 15.2 Å². The lowest BCUT2D eigenvalue weighted by atomic mass is 9.86. The van der Waals surface area contributed by atoms with Crippen molar-refractivity contribution in [2.45, 2.75) is 63.2 Å². The van der Waals surface area contributed by atoms with Gasteiger partial charge in [0, 0.05) is 6.04 Å². The van der Waals surface area contributed by atoms with Crippen molar-refractivity contribution in [3.05, 3.63) is 29.8 Å². The van der Waals surface area contributed by atoms with Gasteiger partial charge in [0.1, 0.15) is 5.75 Å². The fourth-order valence-corrected chi connectivity index (χ4v) is 2.98. The van der Waals surface area contributed by atoms with Crippen LogP contribution in [0, 0.1) is 0 Å². The predicted octanol–water partition coefficient (Wildman–Crippen LogP) is 2.97. The van der Waals surface area contributed by atoms with E-state index in [9.17, 15) is 5.11 Å². The zero-order chi connectivity index (χ0) is 14.0. The summed E-state index contributed by atoms with van der Waals surface area (Å²) in [5.41, 5.74) is 0.167. The molecule has 2 aliphatic rings. The molecular formula is C17H25NO2. The summed E-state index contributed by atoms with van der Waals surface area (Å²) in [4.78, 5) is 0. The molecule has 3 heteroatoms. The topological polar surface area (TPSA) is 41.5 Å². The van der Waals surface area contributed by atoms with Gasteiger partial charge in [0.25, 0.3) is 0 Å². The Morgan fingerprint density at radius 2 is 2.15 bits per heavy atom. The van der Waals surface area contributed by atoms with Crippen LogP contribution >= 0.6 is 0 Å². The highest BCUT2D eigenvalue weighted by Crippen LogP contribution is 2.32. The maximum atomic E-state index is 10.8. The van der Waals surface area contributed by atoms with Gasteiger partial charge >= 0.3 is 0 Å². The molecule has 3 rings (SSSR count). The van der Waals surface area contributed by atoms with E-state index in [2.05, 4.69) is 5.32 Å². The number of piperidine rings is 1. The molecule has 1 aromatic carbocycles. The summed E-state index contributed by atoms with van der Waals surface area (Å²) in [5, 5.41) is 14.3. The zero-order valence-corrected chi connectivity index (χ0v) is 12.3. The Hall–Kier alpha value is -1.06. The average molecular weight is 275 g/mol. The average Bonchev–Trinajstić information content (AvgIpc) is 3.24. The van der Waals surface area contributed by atoms with Gasteiger partial charge in [-0.25, -0.2) is 0 Å². The SMILES string of the molecule is CC(O)(CC1CCCCN1)c1cccc(OC2CC2)c1. The molecule has 2 N–H and O–H groups in total. The van der Waals surface area contributed by atoms with Crippen LogP contribution in [0.2, 0.25) is 0 Å². The van der Waals surface area contributed by atoms with Crippen molar-refractivity contribution < 1.29 is 9.84 Å². The van der Waals surface area contributed by atoms with E-state index in [4.69, 9.17) is 4.74 Å². The van der Waals surface area contributed by atoms with Crippen LogP contribution in [0.25, 0.3) is 0 Å². The number of ether oxygens (including phenoxy) is 1. The number of nitrogens with one attached hydrogen (secondary N) is 1. The molecule has 1 aromatic rings. The summed E-state index contributed by atoms with van der Waals surface area (Å²) >= 11 is 0. The standard InChI is InChI=1S/C17H25NO2/c1-17(19,12-14-6-2-3-10-18-14)13-5-4-7-16(11-13)20-15-8-9-15/h4-5,7,11,14-15,18-19H,2-3,6,8-10,12H2,1H3. The summed E-state index contributed by atoms with van der Waals surface area (Å²) in [6, 6.07) is 8.39. The van der Waals surface area contributed by atoms with Crippen LogP contribution in [-0.4, -0.2) is 23.8 Å². The first kappa shape index (κ1) is 13.9. The molecule has 2 unspecified atom stereocenters. The molecule has 0 spiro atoms. The second-order valence-electron chi connectivity index (χ2n) is 6.47. The van der Waals surface area contributed by atoms with E-state index in [-0.39, 0.29) is 0 Å². The van der Waals surface area contributed by atoms with Gasteiger partial charge in [-0.15, -0.1) is 0 Å². The van der Waals surface area contributed by atoms with Crippen LogP contribution in [0.1, 0.15) is 51.0 Å². The van der Waals surface area contributed by atoms with Gasteiger partial charge in [0.2, 0.25) is 0 Å². The molecule has 0 radical (unpaired) electrons. The van der Waals surface area contributed by atoms with E-state index in [1.807, 2.05) is 31.2 Å². The van der Waals surface area contributed by atoms with Crippen molar-refractivity contribution in [3.8, 4) is 5.75 Å². The van der Waals surface area contributed by atoms with Gasteiger partial charge in [0.05, 0.1) is 11.7 Å². The minimum absolute atomic E-state index is 0.398. The smallest absolute Gasteiger partial charge is 0.120 e. The molecule has 1 aliphatic heterocycles. The van der Waals surface area contributed by atoms with Gasteiger partial charge in [-0.2, -0.15) is 0 Å². The molecule has 1 heterocycles. The van der Waals surface area contributed by atoms with E-state index >= 15 is 0 Å². The largest absolute Gasteiger partial charge is 0.490 e. The fourth-order valence-electron chi connectivity index (χ4n) is 2.98. The third-order valence-corrected chi connectivity index (χ3v) is 4.34. The molecule has 0 bridgehead atoms.